The molecular formula is C32H58MgN8O. The van der Waals surface area contributed by atoms with Crippen LogP contribution in [0.5, 0.6) is 0 Å². The largest absolute Gasteiger partial charge is 2.00 e. The average molecular weight is 595 g/mol. The first kappa shape index (κ1) is 29.8. The van der Waals surface area contributed by atoms with Crippen LogP contribution in [-0.4, -0.2) is 72.4 Å². The molecule has 42 heavy (non-hydrogen) atoms. The van der Waals surface area contributed by atoms with Crippen LogP contribution in [-0.2, 0) is 0 Å². The van der Waals surface area contributed by atoms with Crippen molar-refractivity contribution in [3.63, 3.8) is 0 Å². The monoisotopic (exact) mass is 594 g/mol. The molecule has 0 aromatic rings. The van der Waals surface area contributed by atoms with E-state index < -0.39 is 0 Å². The van der Waals surface area contributed by atoms with Gasteiger partial charge in [0.05, 0.1) is 37.0 Å². The molecule has 9 rings (SSSR count). The average Bonchev–Trinajstić information content (AvgIpc) is 3.76. The van der Waals surface area contributed by atoms with Gasteiger partial charge in [0.1, 0.15) is 12.3 Å². The van der Waals surface area contributed by atoms with Gasteiger partial charge in [-0.3, -0.25) is 37.2 Å². The summed E-state index contributed by atoms with van der Waals surface area (Å²) in [5.41, 5.74) is 0. The molecule has 4 saturated carbocycles. The van der Waals surface area contributed by atoms with Crippen LogP contribution in [0.1, 0.15) is 106 Å². The molecule has 16 atom stereocenters. The summed E-state index contributed by atoms with van der Waals surface area (Å²) < 4.78 is 0. The van der Waals surface area contributed by atoms with Crippen molar-refractivity contribution in [1.29, 1.82) is 0 Å². The van der Waals surface area contributed by atoms with E-state index in [9.17, 15) is 5.21 Å². The minimum absolute atomic E-state index is 0. The van der Waals surface area contributed by atoms with Gasteiger partial charge in [-0.25, -0.2) is 0 Å². The van der Waals surface area contributed by atoms with Gasteiger partial charge in [-0.15, -0.1) is 0 Å². The Bertz CT molecular complexity index is 901. The third-order valence-corrected chi connectivity index (χ3v) is 14.1. The topological polar surface area (TPSA) is 112 Å². The third kappa shape index (κ3) is 4.97. The predicted octanol–water partition coefficient (Wildman–Crippen LogP) is 1.24. The summed E-state index contributed by atoms with van der Waals surface area (Å²) in [6.07, 6.45) is 22.7. The van der Waals surface area contributed by atoms with E-state index in [1.807, 2.05) is 0 Å². The summed E-state index contributed by atoms with van der Waals surface area (Å²) in [5.74, 6) is 4.84. The molecule has 0 spiro atoms. The normalized spacial score (nSPS) is 56.9. The molecule has 8 bridgehead atoms. The maximum absolute atomic E-state index is 14.6. The van der Waals surface area contributed by atoms with Gasteiger partial charge in [-0.05, 0) is 86.9 Å². The molecule has 5 saturated heterocycles. The smallest absolute Gasteiger partial charge is 1.00 e. The summed E-state index contributed by atoms with van der Waals surface area (Å²) >= 11 is 0. The van der Waals surface area contributed by atoms with E-state index in [1.165, 1.54) is 103 Å². The SMILES string of the molecule is [H-].[H-].[Mg+2].[O-][NH+]1C2NC(NC3NC(NC4NC(NC5NC1C1CCCCC51)C1CCCCC41)C1CCCCC31)C1CCCCC12. The Balaban J connectivity index is 0.00000114. The number of hydrogen-bond donors (Lipinski definition) is 8. The maximum atomic E-state index is 14.6. The Labute approximate surface area is 272 Å². The zero-order chi connectivity index (χ0) is 27.1. The Morgan fingerprint density at radius 1 is 0.357 bits per heavy atom. The van der Waals surface area contributed by atoms with Gasteiger partial charge in [0.15, 0.2) is 0 Å². The fourth-order valence-corrected chi connectivity index (χ4v) is 12.2. The number of quaternary nitrogens is 1. The van der Waals surface area contributed by atoms with Gasteiger partial charge in [0.25, 0.3) is 0 Å². The van der Waals surface area contributed by atoms with Gasteiger partial charge in [0, 0.05) is 11.8 Å². The molecule has 9 aliphatic rings. The second kappa shape index (κ2) is 12.2. The molecule has 234 valence electrons. The quantitative estimate of drug-likeness (QED) is 0.156. The molecule has 0 radical (unpaired) electrons. The van der Waals surface area contributed by atoms with E-state index in [-0.39, 0.29) is 50.6 Å². The van der Waals surface area contributed by atoms with E-state index in [4.69, 9.17) is 0 Å². The summed E-state index contributed by atoms with van der Waals surface area (Å²) in [6.45, 7) is 0. The molecule has 0 aromatic heterocycles. The van der Waals surface area contributed by atoms with Crippen molar-refractivity contribution in [2.24, 2.45) is 47.3 Å². The van der Waals surface area contributed by atoms with Crippen LogP contribution in [0.3, 0.4) is 0 Å². The summed E-state index contributed by atoms with van der Waals surface area (Å²) in [7, 11) is 0. The zero-order valence-electron chi connectivity index (χ0n) is 27.7. The van der Waals surface area contributed by atoms with Crippen LogP contribution >= 0.6 is 0 Å². The van der Waals surface area contributed by atoms with Crippen LogP contribution < -0.4 is 42.3 Å². The zero-order valence-corrected chi connectivity index (χ0v) is 27.1. The van der Waals surface area contributed by atoms with Crippen LogP contribution in [0.25, 0.3) is 0 Å². The van der Waals surface area contributed by atoms with Crippen molar-refractivity contribution < 1.29 is 7.92 Å². The Morgan fingerprint density at radius 2 is 0.571 bits per heavy atom. The maximum Gasteiger partial charge on any atom is 2.00 e. The van der Waals surface area contributed by atoms with Crippen LogP contribution in [0.4, 0.5) is 0 Å². The fourth-order valence-electron chi connectivity index (χ4n) is 12.2. The Hall–Kier alpha value is 0.406. The molecule has 5 heterocycles. The molecule has 8 N–H and O–H groups in total. The molecule has 5 aliphatic heterocycles. The van der Waals surface area contributed by atoms with Crippen LogP contribution in [0, 0.1) is 52.6 Å². The van der Waals surface area contributed by atoms with E-state index in [1.54, 1.807) is 0 Å². The van der Waals surface area contributed by atoms with Crippen molar-refractivity contribution in [2.45, 2.75) is 152 Å². The number of hydrogen-bond acceptors (Lipinski definition) is 8. The summed E-state index contributed by atoms with van der Waals surface area (Å²) in [6, 6.07) is 0. The van der Waals surface area contributed by atoms with E-state index in [0.29, 0.717) is 77.1 Å². The van der Waals surface area contributed by atoms with E-state index >= 15 is 0 Å². The molecule has 16 unspecified atom stereocenters. The number of fused-ring (bicyclic) bond motifs is 20. The van der Waals surface area contributed by atoms with Gasteiger partial charge in [0.2, 0.25) is 0 Å². The van der Waals surface area contributed by atoms with Gasteiger partial charge >= 0.3 is 23.1 Å². The predicted molar refractivity (Wildman–Crippen MR) is 166 cm³/mol. The molecule has 9 nitrogen and oxygen atoms in total. The molecule has 4 aliphatic carbocycles. The Morgan fingerprint density at radius 3 is 0.857 bits per heavy atom. The van der Waals surface area contributed by atoms with Crippen molar-refractivity contribution in [1.82, 2.24) is 37.2 Å². The van der Waals surface area contributed by atoms with Crippen molar-refractivity contribution >= 4 is 23.1 Å². The first-order valence-corrected chi connectivity index (χ1v) is 18.1. The van der Waals surface area contributed by atoms with Crippen LogP contribution in [0.2, 0.25) is 0 Å². The van der Waals surface area contributed by atoms with Gasteiger partial charge in [-0.1, -0.05) is 51.4 Å². The second-order valence-electron chi connectivity index (χ2n) is 15.8. The second-order valence-corrected chi connectivity index (χ2v) is 15.8. The minimum atomic E-state index is -0.00118. The molecule has 9 fully saturated rings. The molecular weight excluding hydrogens is 537 g/mol. The van der Waals surface area contributed by atoms with E-state index in [2.05, 4.69) is 37.2 Å². The van der Waals surface area contributed by atoms with Crippen LogP contribution in [0.15, 0.2) is 0 Å². The van der Waals surface area contributed by atoms with Gasteiger partial charge in [-0.2, -0.15) is 0 Å². The van der Waals surface area contributed by atoms with Crippen molar-refractivity contribution in [3.05, 3.63) is 5.21 Å². The first-order valence-electron chi connectivity index (χ1n) is 18.1. The fraction of sp³-hybridized carbons (Fsp3) is 1.00. The standard InChI is InChI=1S/C32H56N8O.Mg.2H/c41-40-31-23-15-7-5-13-21(23)29(38-31)36-27-19-11-3-1-9-17(19)25(34-27)33-26-18-10-2-4-12-20(18)28(35-26)37-30-22-14-6-8-16-24(22)32(40)39-30;;;/h17-40H,1-16H2;;;/q;+2;2*-1. The number of nitrogens with one attached hydrogen (secondary N) is 8. The Kier molecular flexibility index (Phi) is 8.66. The molecule has 0 aromatic carbocycles. The van der Waals surface area contributed by atoms with Crippen molar-refractivity contribution in [3.8, 4) is 0 Å². The minimum Gasteiger partial charge on any atom is -1.00 e. The first-order chi connectivity index (χ1) is 20.2. The third-order valence-electron chi connectivity index (χ3n) is 14.1. The number of rotatable bonds is 0. The van der Waals surface area contributed by atoms with Gasteiger partial charge < -0.3 is 13.1 Å². The number of hydroxylamine groups is 2. The summed E-state index contributed by atoms with van der Waals surface area (Å²) in [5, 5.41) is 43.9. The molecule has 0 amide bonds. The van der Waals surface area contributed by atoms with Crippen molar-refractivity contribution in [2.75, 3.05) is 0 Å². The summed E-state index contributed by atoms with van der Waals surface area (Å²) in [4.78, 5) is 0. The molecule has 10 heteroatoms. The van der Waals surface area contributed by atoms with E-state index in [0.717, 1.165) is 0 Å².